The van der Waals surface area contributed by atoms with Gasteiger partial charge in [0.15, 0.2) is 0 Å². The second kappa shape index (κ2) is 5.40. The van der Waals surface area contributed by atoms with Crippen LogP contribution < -0.4 is 0 Å². The van der Waals surface area contributed by atoms with Gasteiger partial charge in [-0.1, -0.05) is 12.1 Å². The molecule has 1 aromatic heterocycles. The van der Waals surface area contributed by atoms with Gasteiger partial charge in [-0.25, -0.2) is 8.78 Å². The summed E-state index contributed by atoms with van der Waals surface area (Å²) < 4.78 is 27.8. The summed E-state index contributed by atoms with van der Waals surface area (Å²) in [7, 11) is 0. The highest BCUT2D eigenvalue weighted by molar-refractivity contribution is 5.85. The molecule has 0 saturated carbocycles. The Balaban J connectivity index is 1.53. The number of rotatable bonds is 1. The van der Waals surface area contributed by atoms with Gasteiger partial charge in [-0.15, -0.1) is 0 Å². The van der Waals surface area contributed by atoms with Crippen LogP contribution >= 0.6 is 0 Å². The zero-order chi connectivity index (χ0) is 18.2. The van der Waals surface area contributed by atoms with Crippen LogP contribution in [0.3, 0.4) is 0 Å². The Morgan fingerprint density at radius 3 is 2.59 bits per heavy atom. The van der Waals surface area contributed by atoms with Gasteiger partial charge in [-0.05, 0) is 60.7 Å². The molecule has 1 spiro atoms. The smallest absolute Gasteiger partial charge is 0.123 e. The Morgan fingerprint density at radius 2 is 1.78 bits per heavy atom. The quantitative estimate of drug-likeness (QED) is 0.694. The Labute approximate surface area is 156 Å². The van der Waals surface area contributed by atoms with Gasteiger partial charge in [0.05, 0.1) is 11.7 Å². The monoisotopic (exact) mass is 365 g/mol. The lowest BCUT2D eigenvalue weighted by Crippen LogP contribution is -2.66. The Bertz CT molecular complexity index is 1050. The first kappa shape index (κ1) is 15.8. The van der Waals surface area contributed by atoms with Crippen molar-refractivity contribution >= 4 is 10.9 Å². The summed E-state index contributed by atoms with van der Waals surface area (Å²) in [6.45, 7) is 2.91. The molecule has 7 rings (SSSR count). The molecule has 5 heterocycles. The molecule has 5 heteroatoms. The number of nitrogens with zero attached hydrogens (tertiary/aromatic N) is 2. The predicted molar refractivity (Wildman–Crippen MR) is 100 cm³/mol. The van der Waals surface area contributed by atoms with E-state index in [0.29, 0.717) is 0 Å². The number of halogens is 2. The highest BCUT2D eigenvalue weighted by Gasteiger charge is 2.55. The van der Waals surface area contributed by atoms with E-state index in [4.69, 9.17) is 0 Å². The standard InChI is InChI=1S/C22H21F2N3/c23-15-3-1-2-14(12-15)21-26-10-7-22(8-11-26)20-17(6-9-27(21)22)18-13-16(24)4-5-19(18)25-20/h1-5,12-13,21,25H,6-11H2/t21-/m1/s1. The van der Waals surface area contributed by atoms with Gasteiger partial charge >= 0.3 is 0 Å². The summed E-state index contributed by atoms with van der Waals surface area (Å²) in [5.41, 5.74) is 4.52. The van der Waals surface area contributed by atoms with Crippen LogP contribution in [0.25, 0.3) is 10.9 Å². The number of nitrogens with one attached hydrogen (secondary N) is 1. The number of benzene rings is 2. The van der Waals surface area contributed by atoms with E-state index in [-0.39, 0.29) is 23.3 Å². The molecule has 3 saturated heterocycles. The van der Waals surface area contributed by atoms with Crippen LogP contribution in [-0.4, -0.2) is 34.4 Å². The van der Waals surface area contributed by atoms with Gasteiger partial charge < -0.3 is 4.98 Å². The highest BCUT2D eigenvalue weighted by atomic mass is 19.1. The molecule has 27 heavy (non-hydrogen) atoms. The summed E-state index contributed by atoms with van der Waals surface area (Å²) in [6.07, 6.45) is 3.11. The van der Waals surface area contributed by atoms with Gasteiger partial charge in [0.1, 0.15) is 11.6 Å². The van der Waals surface area contributed by atoms with E-state index in [0.717, 1.165) is 55.4 Å². The molecule has 3 aromatic rings. The number of hydrogen-bond donors (Lipinski definition) is 1. The molecule has 0 aliphatic carbocycles. The van der Waals surface area contributed by atoms with Crippen molar-refractivity contribution in [2.75, 3.05) is 19.6 Å². The fourth-order valence-corrected chi connectivity index (χ4v) is 5.75. The van der Waals surface area contributed by atoms with Gasteiger partial charge in [0.25, 0.3) is 0 Å². The van der Waals surface area contributed by atoms with Crippen LogP contribution in [0, 0.1) is 11.6 Å². The van der Waals surface area contributed by atoms with Crippen LogP contribution in [-0.2, 0) is 12.0 Å². The lowest BCUT2D eigenvalue weighted by atomic mass is 9.73. The number of aromatic amines is 1. The van der Waals surface area contributed by atoms with E-state index in [1.165, 1.54) is 23.4 Å². The van der Waals surface area contributed by atoms with Crippen LogP contribution in [0.15, 0.2) is 42.5 Å². The zero-order valence-corrected chi connectivity index (χ0v) is 15.0. The van der Waals surface area contributed by atoms with Crippen LogP contribution in [0.2, 0.25) is 0 Å². The van der Waals surface area contributed by atoms with E-state index in [9.17, 15) is 8.78 Å². The number of aromatic nitrogens is 1. The average molecular weight is 365 g/mol. The van der Waals surface area contributed by atoms with E-state index < -0.39 is 0 Å². The number of hydrogen-bond acceptors (Lipinski definition) is 2. The van der Waals surface area contributed by atoms with Gasteiger partial charge in [-0.2, -0.15) is 0 Å². The van der Waals surface area contributed by atoms with Crippen LogP contribution in [0.5, 0.6) is 0 Å². The normalized spacial score (nSPS) is 29.7. The van der Waals surface area contributed by atoms with E-state index in [1.54, 1.807) is 12.1 Å². The molecule has 0 amide bonds. The summed E-state index contributed by atoms with van der Waals surface area (Å²) in [5, 5.41) is 1.02. The Morgan fingerprint density at radius 1 is 0.963 bits per heavy atom. The molecule has 1 N–H and O–H groups in total. The van der Waals surface area contributed by atoms with Crippen molar-refractivity contribution in [3.8, 4) is 0 Å². The maximum Gasteiger partial charge on any atom is 0.123 e. The van der Waals surface area contributed by atoms with Crippen molar-refractivity contribution < 1.29 is 8.78 Å². The average Bonchev–Trinajstić information content (AvgIpc) is 3.06. The first-order chi connectivity index (χ1) is 13.2. The second-order valence-corrected chi connectivity index (χ2v) is 8.11. The molecular weight excluding hydrogens is 344 g/mol. The van der Waals surface area contributed by atoms with Gasteiger partial charge in [0.2, 0.25) is 0 Å². The number of fused-ring (bicyclic) bond motifs is 5. The molecule has 4 aliphatic heterocycles. The van der Waals surface area contributed by atoms with Gasteiger partial charge in [-0.3, -0.25) is 9.80 Å². The molecule has 0 unspecified atom stereocenters. The molecule has 3 nitrogen and oxygen atoms in total. The molecule has 3 fully saturated rings. The molecule has 138 valence electrons. The third-order valence-corrected chi connectivity index (χ3v) is 6.90. The lowest BCUT2D eigenvalue weighted by Gasteiger charge is -2.62. The van der Waals surface area contributed by atoms with Crippen molar-refractivity contribution in [3.05, 3.63) is 70.9 Å². The van der Waals surface area contributed by atoms with Crippen molar-refractivity contribution in [2.45, 2.75) is 31.0 Å². The van der Waals surface area contributed by atoms with Crippen LogP contribution in [0.1, 0.15) is 35.8 Å². The zero-order valence-electron chi connectivity index (χ0n) is 15.0. The molecule has 0 radical (unpaired) electrons. The topological polar surface area (TPSA) is 22.3 Å². The van der Waals surface area contributed by atoms with E-state index in [2.05, 4.69) is 14.8 Å². The summed E-state index contributed by atoms with van der Waals surface area (Å²) >= 11 is 0. The fraction of sp³-hybridized carbons (Fsp3) is 0.364. The maximum atomic E-state index is 13.9. The van der Waals surface area contributed by atoms with E-state index >= 15 is 0 Å². The van der Waals surface area contributed by atoms with Crippen molar-refractivity contribution in [1.29, 1.82) is 0 Å². The van der Waals surface area contributed by atoms with Crippen molar-refractivity contribution in [2.24, 2.45) is 0 Å². The third-order valence-electron chi connectivity index (χ3n) is 6.90. The lowest BCUT2D eigenvalue weighted by molar-refractivity contribution is -0.149. The number of piperidine rings is 1. The Hall–Kier alpha value is -2.24. The summed E-state index contributed by atoms with van der Waals surface area (Å²) in [6, 6.07) is 12.1. The fourth-order valence-electron chi connectivity index (χ4n) is 5.75. The molecule has 4 aliphatic rings. The van der Waals surface area contributed by atoms with Crippen molar-refractivity contribution in [3.63, 3.8) is 0 Å². The summed E-state index contributed by atoms with van der Waals surface area (Å²) in [4.78, 5) is 8.68. The largest absolute Gasteiger partial charge is 0.357 e. The molecule has 2 bridgehead atoms. The molecule has 1 atom stereocenters. The first-order valence-corrected chi connectivity index (χ1v) is 9.73. The van der Waals surface area contributed by atoms with Crippen LogP contribution in [0.4, 0.5) is 8.78 Å². The molecule has 2 aromatic carbocycles. The van der Waals surface area contributed by atoms with Gasteiger partial charge in [0, 0.05) is 36.2 Å². The summed E-state index contributed by atoms with van der Waals surface area (Å²) in [5.74, 6) is -0.358. The van der Waals surface area contributed by atoms with E-state index in [1.807, 2.05) is 18.2 Å². The first-order valence-electron chi connectivity index (χ1n) is 9.73. The minimum atomic E-state index is -0.180. The third kappa shape index (κ3) is 2.07. The Kier molecular flexibility index (Phi) is 3.15. The van der Waals surface area contributed by atoms with Crippen molar-refractivity contribution in [1.82, 2.24) is 14.8 Å². The maximum absolute atomic E-state index is 13.9. The number of H-pyrrole nitrogens is 1. The molecular formula is C22H21F2N3. The minimum Gasteiger partial charge on any atom is -0.357 e. The second-order valence-electron chi connectivity index (χ2n) is 8.11. The minimum absolute atomic E-state index is 0.0607. The highest BCUT2D eigenvalue weighted by Crippen LogP contribution is 2.53. The predicted octanol–water partition coefficient (Wildman–Crippen LogP) is 4.31. The SMILES string of the molecule is Fc1cccc([C@@H]2N3CCC4(CC3)c3[nH]c5ccc(F)cc5c3CCN24)c1.